The van der Waals surface area contributed by atoms with Crippen LogP contribution in [0.2, 0.25) is 0 Å². The molecule has 0 aliphatic rings. The first-order valence-electron chi connectivity index (χ1n) is 16.0. The number of fused-ring (bicyclic) bond motifs is 4. The van der Waals surface area contributed by atoms with Gasteiger partial charge in [0.15, 0.2) is 0 Å². The molecule has 0 aliphatic carbocycles. The van der Waals surface area contributed by atoms with Gasteiger partial charge in [0.2, 0.25) is 0 Å². The van der Waals surface area contributed by atoms with E-state index in [-0.39, 0.29) is 0 Å². The zero-order valence-corrected chi connectivity index (χ0v) is 26.0. The summed E-state index contributed by atoms with van der Waals surface area (Å²) in [6.07, 6.45) is 3.70. The average Bonchev–Trinajstić information content (AvgIpc) is 3.18. The number of aromatic nitrogens is 4. The Morgan fingerprint density at radius 1 is 0.312 bits per heavy atom. The number of rotatable bonds is 5. The maximum absolute atomic E-state index is 5.27. The van der Waals surface area contributed by atoms with Crippen LogP contribution in [0.1, 0.15) is 0 Å². The molecule has 4 heteroatoms. The Bertz CT molecular complexity index is 2600. The van der Waals surface area contributed by atoms with Gasteiger partial charge in [-0.25, -0.2) is 9.97 Å². The standard InChI is InChI=1S/C44H28N4/c1-3-10-29(11-4-1)39-24-20-31-18-19-32-21-25-40(48-44(32)43(31)47-39)38-23-22-35(36-16-7-8-17-37(36)38)33-14-9-15-34(26-33)42-28-45-41(27-46-42)30-12-5-2-6-13-30/h1-28H. The average molecular weight is 613 g/mol. The summed E-state index contributed by atoms with van der Waals surface area (Å²) in [5.41, 5.74) is 11.9. The van der Waals surface area contributed by atoms with Gasteiger partial charge in [-0.1, -0.05) is 140 Å². The van der Waals surface area contributed by atoms with Crippen molar-refractivity contribution in [2.24, 2.45) is 0 Å². The second-order valence-electron chi connectivity index (χ2n) is 11.9. The lowest BCUT2D eigenvalue weighted by Crippen LogP contribution is -1.92. The van der Waals surface area contributed by atoms with Gasteiger partial charge in [-0.15, -0.1) is 0 Å². The first-order chi connectivity index (χ1) is 23.8. The largest absolute Gasteiger partial charge is 0.252 e. The summed E-state index contributed by atoms with van der Waals surface area (Å²) >= 11 is 0. The van der Waals surface area contributed by atoms with E-state index in [1.165, 1.54) is 5.39 Å². The minimum absolute atomic E-state index is 0.842. The zero-order chi connectivity index (χ0) is 31.9. The molecule has 0 N–H and O–H groups in total. The van der Waals surface area contributed by atoms with E-state index < -0.39 is 0 Å². The maximum atomic E-state index is 5.27. The summed E-state index contributed by atoms with van der Waals surface area (Å²) in [5.74, 6) is 0. The number of pyridine rings is 2. The third-order valence-electron chi connectivity index (χ3n) is 8.98. The van der Waals surface area contributed by atoms with Gasteiger partial charge >= 0.3 is 0 Å². The monoisotopic (exact) mass is 612 g/mol. The number of hydrogen-bond donors (Lipinski definition) is 0. The van der Waals surface area contributed by atoms with Crippen molar-refractivity contribution in [1.29, 1.82) is 0 Å². The van der Waals surface area contributed by atoms with Gasteiger partial charge in [0.25, 0.3) is 0 Å². The second-order valence-corrected chi connectivity index (χ2v) is 11.9. The van der Waals surface area contributed by atoms with Gasteiger partial charge in [-0.3, -0.25) is 9.97 Å². The number of benzene rings is 6. The second kappa shape index (κ2) is 11.7. The first kappa shape index (κ1) is 27.8. The molecule has 48 heavy (non-hydrogen) atoms. The van der Waals surface area contributed by atoms with Crippen LogP contribution in [-0.4, -0.2) is 19.9 Å². The van der Waals surface area contributed by atoms with Gasteiger partial charge in [-0.2, -0.15) is 0 Å². The molecular weight excluding hydrogens is 585 g/mol. The molecule has 0 amide bonds. The highest BCUT2D eigenvalue weighted by Crippen LogP contribution is 2.37. The predicted molar refractivity (Wildman–Crippen MR) is 197 cm³/mol. The van der Waals surface area contributed by atoms with E-state index in [1.807, 2.05) is 60.9 Å². The van der Waals surface area contributed by atoms with Crippen molar-refractivity contribution in [2.75, 3.05) is 0 Å². The Hall–Kier alpha value is -6.52. The highest BCUT2D eigenvalue weighted by Gasteiger charge is 2.14. The molecule has 3 aromatic heterocycles. The van der Waals surface area contributed by atoms with Crippen LogP contribution in [0, 0.1) is 0 Å². The molecule has 0 spiro atoms. The van der Waals surface area contributed by atoms with E-state index in [0.29, 0.717) is 0 Å². The van der Waals surface area contributed by atoms with Crippen LogP contribution >= 0.6 is 0 Å². The van der Waals surface area contributed by atoms with E-state index in [9.17, 15) is 0 Å². The molecular formula is C44H28N4. The van der Waals surface area contributed by atoms with Crippen LogP contribution in [0.5, 0.6) is 0 Å². The van der Waals surface area contributed by atoms with Crippen molar-refractivity contribution in [3.8, 4) is 56.2 Å². The SMILES string of the molecule is c1ccc(-c2cnc(-c3cccc(-c4ccc(-c5ccc6ccc7ccc(-c8ccccc8)nc7c6n5)c5ccccc45)c3)cn2)cc1. The summed E-state index contributed by atoms with van der Waals surface area (Å²) in [4.78, 5) is 19.9. The highest BCUT2D eigenvalue weighted by molar-refractivity contribution is 6.07. The summed E-state index contributed by atoms with van der Waals surface area (Å²) in [6.45, 7) is 0. The Balaban J connectivity index is 1.12. The van der Waals surface area contributed by atoms with Gasteiger partial charge < -0.3 is 0 Å². The molecule has 9 rings (SSSR count). The molecule has 0 saturated carbocycles. The highest BCUT2D eigenvalue weighted by atomic mass is 14.8. The fourth-order valence-electron chi connectivity index (χ4n) is 6.54. The van der Waals surface area contributed by atoms with Gasteiger partial charge in [-0.05, 0) is 40.1 Å². The predicted octanol–water partition coefficient (Wildman–Crippen LogP) is 11.1. The van der Waals surface area contributed by atoms with E-state index in [2.05, 4.69) is 109 Å². The van der Waals surface area contributed by atoms with Crippen molar-refractivity contribution >= 4 is 32.6 Å². The molecule has 0 radical (unpaired) electrons. The zero-order valence-electron chi connectivity index (χ0n) is 26.0. The Morgan fingerprint density at radius 2 is 0.792 bits per heavy atom. The van der Waals surface area contributed by atoms with Crippen LogP contribution in [0.15, 0.2) is 170 Å². The third-order valence-corrected chi connectivity index (χ3v) is 8.98. The number of hydrogen-bond acceptors (Lipinski definition) is 4. The molecule has 4 nitrogen and oxygen atoms in total. The normalized spacial score (nSPS) is 11.3. The minimum atomic E-state index is 0.842. The summed E-state index contributed by atoms with van der Waals surface area (Å²) in [7, 11) is 0. The molecule has 0 fully saturated rings. The van der Waals surface area contributed by atoms with Crippen LogP contribution in [0.3, 0.4) is 0 Å². The smallest absolute Gasteiger partial charge is 0.0972 e. The maximum Gasteiger partial charge on any atom is 0.0972 e. The topological polar surface area (TPSA) is 51.6 Å². The number of nitrogens with zero attached hydrogens (tertiary/aromatic N) is 4. The van der Waals surface area contributed by atoms with Crippen LogP contribution in [-0.2, 0) is 0 Å². The van der Waals surface area contributed by atoms with Crippen molar-refractivity contribution in [3.05, 3.63) is 170 Å². The summed E-state index contributed by atoms with van der Waals surface area (Å²) in [5, 5.41) is 4.47. The lowest BCUT2D eigenvalue weighted by molar-refractivity contribution is 1.21. The van der Waals surface area contributed by atoms with Crippen LogP contribution in [0.4, 0.5) is 0 Å². The fourth-order valence-corrected chi connectivity index (χ4v) is 6.54. The van der Waals surface area contributed by atoms with E-state index in [4.69, 9.17) is 19.9 Å². The summed E-state index contributed by atoms with van der Waals surface area (Å²) < 4.78 is 0. The summed E-state index contributed by atoms with van der Waals surface area (Å²) in [6, 6.07) is 54.7. The van der Waals surface area contributed by atoms with Gasteiger partial charge in [0.1, 0.15) is 0 Å². The first-order valence-corrected chi connectivity index (χ1v) is 16.0. The van der Waals surface area contributed by atoms with E-state index in [0.717, 1.165) is 83.3 Å². The molecule has 0 bridgehead atoms. The Kier molecular flexibility index (Phi) is 6.76. The molecule has 0 aliphatic heterocycles. The van der Waals surface area contributed by atoms with E-state index >= 15 is 0 Å². The molecule has 0 saturated heterocycles. The molecule has 9 aromatic rings. The van der Waals surface area contributed by atoms with E-state index in [1.54, 1.807) is 0 Å². The molecule has 3 heterocycles. The molecule has 6 aromatic carbocycles. The van der Waals surface area contributed by atoms with Crippen LogP contribution in [0.25, 0.3) is 88.7 Å². The lowest BCUT2D eigenvalue weighted by atomic mass is 9.92. The Morgan fingerprint density at radius 3 is 1.46 bits per heavy atom. The lowest BCUT2D eigenvalue weighted by Gasteiger charge is -2.13. The molecule has 0 unspecified atom stereocenters. The van der Waals surface area contributed by atoms with Gasteiger partial charge in [0, 0.05) is 33.0 Å². The fraction of sp³-hybridized carbons (Fsp3) is 0. The van der Waals surface area contributed by atoms with Crippen molar-refractivity contribution < 1.29 is 0 Å². The molecule has 0 atom stereocenters. The minimum Gasteiger partial charge on any atom is -0.252 e. The quantitative estimate of drug-likeness (QED) is 0.181. The van der Waals surface area contributed by atoms with Gasteiger partial charge in [0.05, 0.1) is 46.2 Å². The van der Waals surface area contributed by atoms with Crippen LogP contribution < -0.4 is 0 Å². The molecule has 224 valence electrons. The van der Waals surface area contributed by atoms with Crippen molar-refractivity contribution in [1.82, 2.24) is 19.9 Å². The van der Waals surface area contributed by atoms with Crippen molar-refractivity contribution in [2.45, 2.75) is 0 Å². The Labute approximate surface area is 278 Å². The van der Waals surface area contributed by atoms with Crippen molar-refractivity contribution in [3.63, 3.8) is 0 Å². The third kappa shape index (κ3) is 4.97.